The molecule has 2 heterocycles. The molecular formula is C19H14F3N5O2S. The number of alkyl halides is 3. The largest absolute Gasteiger partial charge is 0.484 e. The number of rotatable bonds is 5. The van der Waals surface area contributed by atoms with Crippen LogP contribution < -0.4 is 10.1 Å². The molecule has 0 aliphatic carbocycles. The van der Waals surface area contributed by atoms with Crippen LogP contribution in [0.3, 0.4) is 0 Å². The highest BCUT2D eigenvalue weighted by atomic mass is 32.1. The van der Waals surface area contributed by atoms with Crippen LogP contribution in [0.5, 0.6) is 5.75 Å². The molecular weight excluding hydrogens is 419 g/mol. The van der Waals surface area contributed by atoms with E-state index in [0.29, 0.717) is 10.8 Å². The van der Waals surface area contributed by atoms with Crippen LogP contribution in [0, 0.1) is 6.92 Å². The maximum Gasteiger partial charge on any atom is 0.416 e. The van der Waals surface area contributed by atoms with Crippen molar-refractivity contribution in [1.29, 1.82) is 0 Å². The van der Waals surface area contributed by atoms with Crippen molar-refractivity contribution in [2.24, 2.45) is 0 Å². The molecule has 0 aliphatic heterocycles. The fourth-order valence-corrected chi connectivity index (χ4v) is 3.45. The first-order chi connectivity index (χ1) is 14.3. The Labute approximate surface area is 172 Å². The lowest BCUT2D eigenvalue weighted by Crippen LogP contribution is -2.20. The molecule has 0 atom stereocenters. The highest BCUT2D eigenvalue weighted by Crippen LogP contribution is 2.31. The second-order valence-electron chi connectivity index (χ2n) is 6.36. The third-order valence-corrected chi connectivity index (χ3v) is 4.86. The zero-order valence-electron chi connectivity index (χ0n) is 15.5. The molecule has 0 unspecified atom stereocenters. The third kappa shape index (κ3) is 4.25. The summed E-state index contributed by atoms with van der Waals surface area (Å²) in [7, 11) is 0. The fourth-order valence-electron chi connectivity index (χ4n) is 2.70. The molecule has 0 radical (unpaired) electrons. The van der Waals surface area contributed by atoms with Gasteiger partial charge in [-0.2, -0.15) is 17.7 Å². The average molecular weight is 433 g/mol. The Morgan fingerprint density at radius 1 is 1.17 bits per heavy atom. The zero-order chi connectivity index (χ0) is 21.3. The number of benzene rings is 2. The molecule has 4 aromatic rings. The number of amides is 1. The van der Waals surface area contributed by atoms with E-state index in [-0.39, 0.29) is 10.9 Å². The molecule has 7 nitrogen and oxygen atoms in total. The Hall–Kier alpha value is -3.47. The van der Waals surface area contributed by atoms with Gasteiger partial charge in [0.2, 0.25) is 10.1 Å². The van der Waals surface area contributed by atoms with Crippen molar-refractivity contribution in [2.45, 2.75) is 13.1 Å². The molecule has 0 spiro atoms. The quantitative estimate of drug-likeness (QED) is 0.510. The minimum Gasteiger partial charge on any atom is -0.484 e. The summed E-state index contributed by atoms with van der Waals surface area (Å²) in [6, 6.07) is 12.0. The molecule has 2 aromatic heterocycles. The van der Waals surface area contributed by atoms with Crippen LogP contribution in [0.1, 0.15) is 11.1 Å². The van der Waals surface area contributed by atoms with E-state index in [0.717, 1.165) is 34.6 Å². The number of ether oxygens (including phenoxy) is 1. The van der Waals surface area contributed by atoms with Crippen molar-refractivity contribution in [2.75, 3.05) is 11.9 Å². The van der Waals surface area contributed by atoms with E-state index in [4.69, 9.17) is 4.74 Å². The minimum atomic E-state index is -4.49. The molecule has 0 fully saturated rings. The smallest absolute Gasteiger partial charge is 0.416 e. The second kappa shape index (κ2) is 7.75. The van der Waals surface area contributed by atoms with Gasteiger partial charge in [-0.3, -0.25) is 10.1 Å². The number of aryl methyl sites for hydroxylation is 1. The maximum atomic E-state index is 12.7. The van der Waals surface area contributed by atoms with Crippen molar-refractivity contribution in [3.63, 3.8) is 0 Å². The van der Waals surface area contributed by atoms with E-state index in [1.165, 1.54) is 16.6 Å². The average Bonchev–Trinajstić information content (AvgIpc) is 3.26. The van der Waals surface area contributed by atoms with Gasteiger partial charge in [-0.05, 0) is 31.2 Å². The van der Waals surface area contributed by atoms with Crippen LogP contribution in [0.2, 0.25) is 0 Å². The molecule has 0 aliphatic rings. The van der Waals surface area contributed by atoms with Gasteiger partial charge in [0.05, 0.1) is 5.56 Å². The summed E-state index contributed by atoms with van der Waals surface area (Å²) in [6.45, 7) is 1.49. The van der Waals surface area contributed by atoms with Gasteiger partial charge in [0.25, 0.3) is 5.91 Å². The summed E-state index contributed by atoms with van der Waals surface area (Å²) < 4.78 is 44.9. The van der Waals surface area contributed by atoms with E-state index in [1.807, 2.05) is 31.2 Å². The molecule has 0 saturated heterocycles. The van der Waals surface area contributed by atoms with Crippen molar-refractivity contribution in [1.82, 2.24) is 19.8 Å². The molecule has 30 heavy (non-hydrogen) atoms. The van der Waals surface area contributed by atoms with Gasteiger partial charge < -0.3 is 4.74 Å². The highest BCUT2D eigenvalue weighted by Gasteiger charge is 2.30. The lowest BCUT2D eigenvalue weighted by Gasteiger charge is -2.09. The third-order valence-electron chi connectivity index (χ3n) is 4.04. The number of carbonyl (C=O) groups excluding carboxylic acids is 1. The number of nitrogens with one attached hydrogen (secondary N) is 1. The number of nitrogens with zero attached hydrogens (tertiary/aromatic N) is 4. The molecule has 11 heteroatoms. The van der Waals surface area contributed by atoms with Gasteiger partial charge in [0, 0.05) is 5.56 Å². The first kappa shape index (κ1) is 19.8. The van der Waals surface area contributed by atoms with E-state index in [9.17, 15) is 18.0 Å². The molecule has 1 amide bonds. The summed E-state index contributed by atoms with van der Waals surface area (Å²) in [4.78, 5) is 12.6. The van der Waals surface area contributed by atoms with Gasteiger partial charge in [0.15, 0.2) is 12.4 Å². The van der Waals surface area contributed by atoms with Crippen molar-refractivity contribution in [3.8, 4) is 17.1 Å². The number of halogens is 3. The van der Waals surface area contributed by atoms with E-state index >= 15 is 0 Å². The van der Waals surface area contributed by atoms with Crippen LogP contribution in [-0.2, 0) is 11.0 Å². The topological polar surface area (TPSA) is 81.4 Å². The standard InChI is InChI=1S/C19H14F3N5O2S/c1-11-4-2-5-12(8-11)16-24-25-18-27(16)26-17(30-18)23-15(28)10-29-14-7-3-6-13(9-14)19(20,21)22/h2-9H,10H2,1H3,(H,23,26,28). The van der Waals surface area contributed by atoms with Gasteiger partial charge in [-0.1, -0.05) is 41.2 Å². The number of hydrogen-bond acceptors (Lipinski definition) is 6. The summed E-state index contributed by atoms with van der Waals surface area (Å²) in [6.07, 6.45) is -4.49. The minimum absolute atomic E-state index is 0.0557. The predicted molar refractivity (Wildman–Crippen MR) is 104 cm³/mol. The number of fused-ring (bicyclic) bond motifs is 1. The number of anilines is 1. The summed E-state index contributed by atoms with van der Waals surface area (Å²) in [5.41, 5.74) is 1.04. The number of carbonyl (C=O) groups is 1. The number of hydrogen-bond donors (Lipinski definition) is 1. The Balaban J connectivity index is 1.44. The molecule has 0 saturated carbocycles. The van der Waals surface area contributed by atoms with E-state index in [1.54, 1.807) is 0 Å². The lowest BCUT2D eigenvalue weighted by molar-refractivity contribution is -0.137. The molecule has 0 bridgehead atoms. The van der Waals surface area contributed by atoms with Gasteiger partial charge in [0.1, 0.15) is 5.75 Å². The van der Waals surface area contributed by atoms with Gasteiger partial charge in [-0.25, -0.2) is 0 Å². The number of aromatic nitrogens is 4. The van der Waals surface area contributed by atoms with Crippen LogP contribution in [-0.4, -0.2) is 32.3 Å². The second-order valence-corrected chi connectivity index (χ2v) is 7.31. The Morgan fingerprint density at radius 3 is 2.73 bits per heavy atom. The normalized spacial score (nSPS) is 11.6. The Kier molecular flexibility index (Phi) is 5.12. The van der Waals surface area contributed by atoms with E-state index < -0.39 is 24.3 Å². The van der Waals surface area contributed by atoms with Crippen LogP contribution in [0.4, 0.5) is 18.3 Å². The first-order valence-electron chi connectivity index (χ1n) is 8.69. The van der Waals surface area contributed by atoms with Crippen LogP contribution in [0.15, 0.2) is 48.5 Å². The van der Waals surface area contributed by atoms with E-state index in [2.05, 4.69) is 20.6 Å². The Morgan fingerprint density at radius 2 is 1.97 bits per heavy atom. The van der Waals surface area contributed by atoms with Crippen LogP contribution in [0.25, 0.3) is 16.3 Å². The zero-order valence-corrected chi connectivity index (χ0v) is 16.3. The molecule has 154 valence electrons. The molecule has 2 aromatic carbocycles. The fraction of sp³-hybridized carbons (Fsp3) is 0.158. The molecule has 4 rings (SSSR count). The van der Waals surface area contributed by atoms with Gasteiger partial charge in [-0.15, -0.1) is 15.3 Å². The summed E-state index contributed by atoms with van der Waals surface area (Å²) >= 11 is 1.11. The predicted octanol–water partition coefficient (Wildman–Crippen LogP) is 4.20. The SMILES string of the molecule is Cc1cccc(-c2nnc3sc(NC(=O)COc4cccc(C(F)(F)F)c4)nn23)c1. The monoisotopic (exact) mass is 433 g/mol. The van der Waals surface area contributed by atoms with Crippen molar-refractivity contribution < 1.29 is 22.7 Å². The highest BCUT2D eigenvalue weighted by molar-refractivity contribution is 7.20. The van der Waals surface area contributed by atoms with Gasteiger partial charge >= 0.3 is 6.18 Å². The lowest BCUT2D eigenvalue weighted by atomic mass is 10.1. The molecule has 1 N–H and O–H groups in total. The maximum absolute atomic E-state index is 12.7. The summed E-state index contributed by atoms with van der Waals surface area (Å²) in [5.74, 6) is -0.0833. The van der Waals surface area contributed by atoms with Crippen molar-refractivity contribution >= 4 is 27.3 Å². The van der Waals surface area contributed by atoms with Crippen LogP contribution >= 0.6 is 11.3 Å². The first-order valence-corrected chi connectivity index (χ1v) is 9.50. The Bertz CT molecular complexity index is 1220. The van der Waals surface area contributed by atoms with Crippen molar-refractivity contribution in [3.05, 3.63) is 59.7 Å². The summed E-state index contributed by atoms with van der Waals surface area (Å²) in [5, 5.41) is 15.3.